The Hall–Kier alpha value is -3.22. The number of nitrogens with zero attached hydrogens (tertiary/aromatic N) is 1. The molecule has 0 spiro atoms. The normalized spacial score (nSPS) is 23.3. The van der Waals surface area contributed by atoms with Crippen LogP contribution in [-0.4, -0.2) is 51.8 Å². The van der Waals surface area contributed by atoms with Crippen molar-refractivity contribution >= 4 is 23.5 Å². The molecular weight excluding hydrogens is 454 g/mol. The van der Waals surface area contributed by atoms with E-state index in [0.29, 0.717) is 30.6 Å². The average molecular weight is 490 g/mol. The number of hydrogen-bond donors (Lipinski definition) is 3. The number of imide groups is 1. The highest BCUT2D eigenvalue weighted by molar-refractivity contribution is 6.05. The molecule has 1 saturated heterocycles. The lowest BCUT2D eigenvalue weighted by atomic mass is 9.68. The van der Waals surface area contributed by atoms with Crippen LogP contribution in [-0.2, 0) is 9.59 Å². The van der Waals surface area contributed by atoms with Gasteiger partial charge in [0, 0.05) is 13.0 Å². The van der Waals surface area contributed by atoms with Gasteiger partial charge < -0.3 is 15.3 Å². The number of benzene rings is 2. The molecule has 2 aliphatic rings. The van der Waals surface area contributed by atoms with E-state index < -0.39 is 23.9 Å². The number of allylic oxidation sites excluding steroid dienone is 2. The number of aromatic hydroxyl groups is 1. The first-order valence-electron chi connectivity index (χ1n) is 12.5. The predicted octanol–water partition coefficient (Wildman–Crippen LogP) is 4.25. The van der Waals surface area contributed by atoms with Gasteiger partial charge in [-0.15, -0.1) is 0 Å². The number of aliphatic hydroxyl groups excluding tert-OH is 2. The molecule has 1 aliphatic heterocycles. The number of hydrogen-bond acceptors (Lipinski definition) is 5. The fraction of sp³-hybridized carbons (Fsp3) is 0.400. The van der Waals surface area contributed by atoms with Crippen LogP contribution in [0, 0.1) is 31.6 Å². The first kappa shape index (κ1) is 25.9. The zero-order valence-electron chi connectivity index (χ0n) is 21.4. The molecule has 0 aromatic heterocycles. The lowest BCUT2D eigenvalue weighted by Gasteiger charge is -2.35. The van der Waals surface area contributed by atoms with Crippen molar-refractivity contribution in [1.82, 2.24) is 4.90 Å². The molecule has 3 N–H and O–H groups in total. The minimum Gasteiger partial charge on any atom is -0.507 e. The quantitative estimate of drug-likeness (QED) is 0.307. The van der Waals surface area contributed by atoms with Crippen molar-refractivity contribution in [3.63, 3.8) is 0 Å². The summed E-state index contributed by atoms with van der Waals surface area (Å²) in [5, 5.41) is 31.7. The highest BCUT2D eigenvalue weighted by atomic mass is 16.3. The molecule has 6 nitrogen and oxygen atoms in total. The van der Waals surface area contributed by atoms with Crippen LogP contribution in [0.3, 0.4) is 0 Å². The largest absolute Gasteiger partial charge is 0.507 e. The molecule has 2 aromatic carbocycles. The standard InChI is InChI=1S/C30H35NO5/c1-17-14-23-27(30(36)31(4)29(23)35)24(16-32)26(17)25(33)11-10-22(21-8-6-5-7-9-21)15-20-12-18(2)28(34)19(3)13-20/h5-9,12-13,15,23-25,27,32-34H,10-11,14,16H2,1-4H3/b22-15-/t23-,24+,25-,27-/m1/s1. The zero-order valence-corrected chi connectivity index (χ0v) is 21.4. The molecule has 0 radical (unpaired) electrons. The second kappa shape index (κ2) is 10.4. The van der Waals surface area contributed by atoms with Gasteiger partial charge in [-0.1, -0.05) is 42.0 Å². The Morgan fingerprint density at radius 2 is 1.72 bits per heavy atom. The van der Waals surface area contributed by atoms with Gasteiger partial charge in [-0.05, 0) is 85.6 Å². The maximum Gasteiger partial charge on any atom is 0.233 e. The molecule has 0 unspecified atom stereocenters. The van der Waals surface area contributed by atoms with Crippen molar-refractivity contribution in [2.24, 2.45) is 17.8 Å². The van der Waals surface area contributed by atoms with E-state index in [1.807, 2.05) is 63.2 Å². The maximum absolute atomic E-state index is 12.8. The number of fused-ring (bicyclic) bond motifs is 1. The van der Waals surface area contributed by atoms with Gasteiger partial charge in [0.05, 0.1) is 24.5 Å². The Morgan fingerprint density at radius 3 is 2.33 bits per heavy atom. The van der Waals surface area contributed by atoms with Crippen molar-refractivity contribution in [2.45, 2.75) is 46.1 Å². The molecule has 2 aromatic rings. The van der Waals surface area contributed by atoms with Crippen LogP contribution >= 0.6 is 0 Å². The lowest BCUT2D eigenvalue weighted by molar-refractivity contribution is -0.138. The van der Waals surface area contributed by atoms with Gasteiger partial charge in [0.25, 0.3) is 0 Å². The predicted molar refractivity (Wildman–Crippen MR) is 140 cm³/mol. The molecule has 4 atom stereocenters. The van der Waals surface area contributed by atoms with Gasteiger partial charge in [0.1, 0.15) is 5.75 Å². The highest BCUT2D eigenvalue weighted by Crippen LogP contribution is 2.45. The molecule has 1 fully saturated rings. The van der Waals surface area contributed by atoms with Crippen LogP contribution in [0.1, 0.15) is 48.4 Å². The molecule has 4 rings (SSSR count). The smallest absolute Gasteiger partial charge is 0.233 e. The SMILES string of the molecule is CC1=C([C@H](O)CC/C(=C/c2cc(C)c(O)c(C)c2)c2ccccc2)[C@H](CO)[C@@H]2C(=O)N(C)C(=O)[C@@H]2C1. The number of amides is 2. The Balaban J connectivity index is 1.62. The van der Waals surface area contributed by atoms with Gasteiger partial charge >= 0.3 is 0 Å². The molecule has 0 saturated carbocycles. The Bertz CT molecular complexity index is 1210. The highest BCUT2D eigenvalue weighted by Gasteiger charge is 2.53. The molecule has 6 heteroatoms. The molecule has 1 heterocycles. The van der Waals surface area contributed by atoms with Gasteiger partial charge in [-0.2, -0.15) is 0 Å². The third-order valence-corrected chi connectivity index (χ3v) is 7.79. The minimum absolute atomic E-state index is 0.204. The first-order valence-corrected chi connectivity index (χ1v) is 12.5. The van der Waals surface area contributed by atoms with E-state index in [-0.39, 0.29) is 18.4 Å². The Morgan fingerprint density at radius 1 is 1.08 bits per heavy atom. The number of rotatable bonds is 7. The van der Waals surface area contributed by atoms with Crippen LogP contribution < -0.4 is 0 Å². The summed E-state index contributed by atoms with van der Waals surface area (Å²) in [4.78, 5) is 26.5. The summed E-state index contributed by atoms with van der Waals surface area (Å²) >= 11 is 0. The zero-order chi connectivity index (χ0) is 26.1. The molecule has 190 valence electrons. The molecule has 2 amide bonds. The van der Waals surface area contributed by atoms with Crippen LogP contribution in [0.25, 0.3) is 11.6 Å². The number of aliphatic hydroxyl groups is 2. The second-order valence-electron chi connectivity index (χ2n) is 10.2. The van der Waals surface area contributed by atoms with Gasteiger partial charge in [0.2, 0.25) is 11.8 Å². The molecule has 1 aliphatic carbocycles. The summed E-state index contributed by atoms with van der Waals surface area (Å²) in [6.45, 7) is 5.35. The molecule has 36 heavy (non-hydrogen) atoms. The number of phenolic OH excluding ortho intramolecular Hbond substituents is 1. The van der Waals surface area contributed by atoms with E-state index in [4.69, 9.17) is 0 Å². The number of likely N-dealkylation sites (tertiary alicyclic amines) is 1. The molecular formula is C30H35NO5. The topological polar surface area (TPSA) is 98.1 Å². The van der Waals surface area contributed by atoms with Crippen molar-refractivity contribution in [1.29, 1.82) is 0 Å². The van der Waals surface area contributed by atoms with Crippen LogP contribution in [0.15, 0.2) is 53.6 Å². The molecule has 0 bridgehead atoms. The minimum atomic E-state index is -0.840. The maximum atomic E-state index is 12.8. The summed E-state index contributed by atoms with van der Waals surface area (Å²) in [6.07, 6.45) is 2.65. The van der Waals surface area contributed by atoms with Crippen LogP contribution in [0.5, 0.6) is 5.75 Å². The van der Waals surface area contributed by atoms with E-state index in [2.05, 4.69) is 6.08 Å². The van der Waals surface area contributed by atoms with Crippen molar-refractivity contribution < 1.29 is 24.9 Å². The van der Waals surface area contributed by atoms with Crippen molar-refractivity contribution in [3.05, 3.63) is 75.9 Å². The van der Waals surface area contributed by atoms with Gasteiger partial charge in [-0.3, -0.25) is 14.5 Å². The second-order valence-corrected chi connectivity index (χ2v) is 10.2. The fourth-order valence-corrected chi connectivity index (χ4v) is 5.95. The van der Waals surface area contributed by atoms with Gasteiger partial charge in [0.15, 0.2) is 0 Å². The summed E-state index contributed by atoms with van der Waals surface area (Å²) in [6, 6.07) is 13.9. The lowest BCUT2D eigenvalue weighted by Crippen LogP contribution is -2.38. The van der Waals surface area contributed by atoms with E-state index in [0.717, 1.165) is 33.4 Å². The van der Waals surface area contributed by atoms with E-state index in [1.54, 1.807) is 0 Å². The summed E-state index contributed by atoms with van der Waals surface area (Å²) < 4.78 is 0. The Kier molecular flexibility index (Phi) is 7.48. The van der Waals surface area contributed by atoms with E-state index in [1.165, 1.54) is 11.9 Å². The Labute approximate surface area is 212 Å². The number of carbonyl (C=O) groups is 2. The van der Waals surface area contributed by atoms with Crippen LogP contribution in [0.4, 0.5) is 0 Å². The third kappa shape index (κ3) is 4.75. The average Bonchev–Trinajstić information content (AvgIpc) is 3.07. The third-order valence-electron chi connectivity index (χ3n) is 7.79. The van der Waals surface area contributed by atoms with Crippen LogP contribution in [0.2, 0.25) is 0 Å². The number of aryl methyl sites for hydroxylation is 2. The number of carbonyl (C=O) groups excluding carboxylic acids is 2. The van der Waals surface area contributed by atoms with E-state index in [9.17, 15) is 24.9 Å². The van der Waals surface area contributed by atoms with Gasteiger partial charge in [-0.25, -0.2) is 0 Å². The summed E-state index contributed by atoms with van der Waals surface area (Å²) in [7, 11) is 1.49. The summed E-state index contributed by atoms with van der Waals surface area (Å²) in [5.41, 5.74) is 6.24. The number of phenols is 1. The first-order chi connectivity index (χ1) is 17.1. The van der Waals surface area contributed by atoms with E-state index >= 15 is 0 Å². The fourth-order valence-electron chi connectivity index (χ4n) is 5.95. The van der Waals surface area contributed by atoms with Crippen molar-refractivity contribution in [2.75, 3.05) is 13.7 Å². The monoisotopic (exact) mass is 489 g/mol. The summed E-state index contributed by atoms with van der Waals surface area (Å²) in [5.74, 6) is -1.83. The van der Waals surface area contributed by atoms with Crippen molar-refractivity contribution in [3.8, 4) is 5.75 Å².